The van der Waals surface area contributed by atoms with Crippen molar-refractivity contribution in [3.05, 3.63) is 42.1 Å². The minimum absolute atomic E-state index is 0.0627. The van der Waals surface area contributed by atoms with E-state index < -0.39 is 10.8 Å². The normalized spacial score (nSPS) is 19.8. The molecule has 1 N–H and O–H groups in total. The summed E-state index contributed by atoms with van der Waals surface area (Å²) in [5.74, 6) is 0.450. The third-order valence-corrected chi connectivity index (χ3v) is 5.69. The molecule has 0 bridgehead atoms. The first kappa shape index (κ1) is 16.8. The first-order chi connectivity index (χ1) is 11.4. The van der Waals surface area contributed by atoms with Crippen molar-refractivity contribution in [2.45, 2.75) is 31.2 Å². The van der Waals surface area contributed by atoms with E-state index in [1.54, 1.807) is 18.1 Å². The van der Waals surface area contributed by atoms with Gasteiger partial charge in [-0.1, -0.05) is 18.2 Å². The summed E-state index contributed by atoms with van der Waals surface area (Å²) in [4.78, 5) is 30.8. The molecular formula is C18H21N3O2S. The highest BCUT2D eigenvalue weighted by molar-refractivity contribution is 8.01. The molecule has 5 nitrogen and oxygen atoms in total. The SMILES string of the molecule is CN(Cc1cccc2ncccc12)C(=O)C1CSC(C)(C)C(=O)N1. The van der Waals surface area contributed by atoms with Gasteiger partial charge in [-0.3, -0.25) is 14.6 Å². The number of rotatable bonds is 3. The van der Waals surface area contributed by atoms with Crippen molar-refractivity contribution >= 4 is 34.5 Å². The van der Waals surface area contributed by atoms with Crippen LogP contribution in [0.5, 0.6) is 0 Å². The molecule has 6 heteroatoms. The number of nitrogens with one attached hydrogen (secondary N) is 1. The standard InChI is InChI=1S/C18H21N3O2S/c1-18(2)17(23)20-15(11-24-18)16(22)21(3)10-12-6-4-8-14-13(12)7-5-9-19-14/h4-9,15H,10-11H2,1-3H3,(H,20,23). The first-order valence-electron chi connectivity index (χ1n) is 7.91. The smallest absolute Gasteiger partial charge is 0.246 e. The zero-order chi connectivity index (χ0) is 17.3. The van der Waals surface area contributed by atoms with Crippen molar-refractivity contribution in [2.24, 2.45) is 0 Å². The zero-order valence-electron chi connectivity index (χ0n) is 14.1. The number of likely N-dealkylation sites (N-methyl/N-ethyl adjacent to an activating group) is 1. The Labute approximate surface area is 145 Å². The van der Waals surface area contributed by atoms with Gasteiger partial charge in [-0.05, 0) is 31.5 Å². The number of hydrogen-bond donors (Lipinski definition) is 1. The number of benzene rings is 1. The summed E-state index contributed by atoms with van der Waals surface area (Å²) in [7, 11) is 1.77. The number of pyridine rings is 1. The summed E-state index contributed by atoms with van der Waals surface area (Å²) in [6.07, 6.45) is 1.76. The summed E-state index contributed by atoms with van der Waals surface area (Å²) in [5, 5.41) is 3.89. The molecule has 1 aliphatic rings. The van der Waals surface area contributed by atoms with Gasteiger partial charge in [0.2, 0.25) is 11.8 Å². The number of nitrogens with zero attached hydrogens (tertiary/aromatic N) is 2. The third kappa shape index (κ3) is 3.24. The van der Waals surface area contributed by atoms with Gasteiger partial charge in [0.1, 0.15) is 6.04 Å². The number of hydrogen-bond acceptors (Lipinski definition) is 4. The Morgan fingerprint density at radius 3 is 2.92 bits per heavy atom. The van der Waals surface area contributed by atoms with Crippen LogP contribution in [0.3, 0.4) is 0 Å². The van der Waals surface area contributed by atoms with E-state index in [0.29, 0.717) is 12.3 Å². The van der Waals surface area contributed by atoms with Crippen LogP contribution in [0.2, 0.25) is 0 Å². The van der Waals surface area contributed by atoms with E-state index in [9.17, 15) is 9.59 Å². The minimum Gasteiger partial charge on any atom is -0.342 e. The average molecular weight is 343 g/mol. The molecule has 1 aromatic carbocycles. The second-order valence-electron chi connectivity index (χ2n) is 6.53. The second-order valence-corrected chi connectivity index (χ2v) is 8.17. The predicted octanol–water partition coefficient (Wildman–Crippen LogP) is 2.20. The molecule has 1 fully saturated rings. The molecule has 0 spiro atoms. The summed E-state index contributed by atoms with van der Waals surface area (Å²) in [5.41, 5.74) is 1.96. The fourth-order valence-electron chi connectivity index (χ4n) is 2.77. The molecule has 2 heterocycles. The molecule has 1 unspecified atom stereocenters. The van der Waals surface area contributed by atoms with E-state index in [1.165, 1.54) is 11.8 Å². The van der Waals surface area contributed by atoms with Crippen molar-refractivity contribution in [1.29, 1.82) is 0 Å². The lowest BCUT2D eigenvalue weighted by Crippen LogP contribution is -2.57. The Bertz CT molecular complexity index is 785. The van der Waals surface area contributed by atoms with E-state index in [4.69, 9.17) is 0 Å². The van der Waals surface area contributed by atoms with Crippen molar-refractivity contribution in [3.63, 3.8) is 0 Å². The molecule has 1 aliphatic heterocycles. The fourth-order valence-corrected chi connectivity index (χ4v) is 3.77. The van der Waals surface area contributed by atoms with Gasteiger partial charge in [0.25, 0.3) is 0 Å². The summed E-state index contributed by atoms with van der Waals surface area (Å²) < 4.78 is -0.476. The molecule has 0 radical (unpaired) electrons. The minimum atomic E-state index is -0.476. The number of carbonyl (C=O) groups is 2. The molecule has 1 atom stereocenters. The highest BCUT2D eigenvalue weighted by Gasteiger charge is 2.38. The Kier molecular flexibility index (Phi) is 4.49. The van der Waals surface area contributed by atoms with Gasteiger partial charge in [-0.25, -0.2) is 0 Å². The van der Waals surface area contributed by atoms with Crippen molar-refractivity contribution in [1.82, 2.24) is 15.2 Å². The third-order valence-electron chi connectivity index (χ3n) is 4.28. The molecule has 0 aliphatic carbocycles. The first-order valence-corrected chi connectivity index (χ1v) is 8.89. The quantitative estimate of drug-likeness (QED) is 0.928. The fraction of sp³-hybridized carbons (Fsp3) is 0.389. The van der Waals surface area contributed by atoms with Crippen LogP contribution in [0.25, 0.3) is 10.9 Å². The highest BCUT2D eigenvalue weighted by Crippen LogP contribution is 2.29. The Morgan fingerprint density at radius 1 is 1.38 bits per heavy atom. The van der Waals surface area contributed by atoms with Crippen LogP contribution in [-0.4, -0.2) is 45.3 Å². The number of carbonyl (C=O) groups excluding carboxylic acids is 2. The molecule has 1 aromatic heterocycles. The highest BCUT2D eigenvalue weighted by atomic mass is 32.2. The summed E-state index contributed by atoms with van der Waals surface area (Å²) in [6, 6.07) is 9.36. The predicted molar refractivity (Wildman–Crippen MR) is 96.7 cm³/mol. The van der Waals surface area contributed by atoms with Crippen LogP contribution in [0.15, 0.2) is 36.5 Å². The zero-order valence-corrected chi connectivity index (χ0v) is 14.9. The van der Waals surface area contributed by atoms with Crippen molar-refractivity contribution in [3.8, 4) is 0 Å². The molecule has 126 valence electrons. The van der Waals surface area contributed by atoms with Gasteiger partial charge in [0.05, 0.1) is 10.3 Å². The summed E-state index contributed by atoms with van der Waals surface area (Å²) in [6.45, 7) is 4.24. The van der Waals surface area contributed by atoms with Crippen LogP contribution in [0, 0.1) is 0 Å². The topological polar surface area (TPSA) is 62.3 Å². The van der Waals surface area contributed by atoms with Crippen molar-refractivity contribution < 1.29 is 9.59 Å². The maximum Gasteiger partial charge on any atom is 0.246 e. The maximum absolute atomic E-state index is 12.7. The Morgan fingerprint density at radius 2 is 2.17 bits per heavy atom. The van der Waals surface area contributed by atoms with Gasteiger partial charge < -0.3 is 10.2 Å². The number of aromatic nitrogens is 1. The lowest BCUT2D eigenvalue weighted by Gasteiger charge is -2.34. The molecule has 24 heavy (non-hydrogen) atoms. The van der Waals surface area contributed by atoms with Crippen LogP contribution < -0.4 is 5.32 Å². The average Bonchev–Trinajstić information content (AvgIpc) is 2.57. The Hall–Kier alpha value is -2.08. The van der Waals surface area contributed by atoms with E-state index in [0.717, 1.165) is 16.5 Å². The lowest BCUT2D eigenvalue weighted by molar-refractivity contribution is -0.135. The van der Waals surface area contributed by atoms with Crippen LogP contribution in [-0.2, 0) is 16.1 Å². The maximum atomic E-state index is 12.7. The molecule has 2 aromatic rings. The van der Waals surface area contributed by atoms with E-state index >= 15 is 0 Å². The monoisotopic (exact) mass is 343 g/mol. The van der Waals surface area contributed by atoms with Gasteiger partial charge >= 0.3 is 0 Å². The largest absolute Gasteiger partial charge is 0.342 e. The number of amides is 2. The van der Waals surface area contributed by atoms with Crippen LogP contribution in [0.4, 0.5) is 0 Å². The lowest BCUT2D eigenvalue weighted by atomic mass is 10.1. The van der Waals surface area contributed by atoms with Gasteiger partial charge in [-0.2, -0.15) is 0 Å². The van der Waals surface area contributed by atoms with Crippen LogP contribution >= 0.6 is 11.8 Å². The van der Waals surface area contributed by atoms with Gasteiger partial charge in [0, 0.05) is 30.9 Å². The van der Waals surface area contributed by atoms with E-state index in [1.807, 2.05) is 44.2 Å². The molecule has 2 amide bonds. The van der Waals surface area contributed by atoms with E-state index in [-0.39, 0.29) is 11.8 Å². The van der Waals surface area contributed by atoms with Gasteiger partial charge in [-0.15, -0.1) is 11.8 Å². The molecule has 1 saturated heterocycles. The van der Waals surface area contributed by atoms with Crippen molar-refractivity contribution in [2.75, 3.05) is 12.8 Å². The summed E-state index contributed by atoms with van der Waals surface area (Å²) >= 11 is 1.52. The Balaban J connectivity index is 1.74. The molecule has 0 saturated carbocycles. The molecular weight excluding hydrogens is 322 g/mol. The van der Waals surface area contributed by atoms with Gasteiger partial charge in [0.15, 0.2) is 0 Å². The number of fused-ring (bicyclic) bond motifs is 1. The van der Waals surface area contributed by atoms with Crippen LogP contribution in [0.1, 0.15) is 19.4 Å². The second kappa shape index (κ2) is 6.43. The number of thioether (sulfide) groups is 1. The molecule has 3 rings (SSSR count). The van der Waals surface area contributed by atoms with E-state index in [2.05, 4.69) is 10.3 Å².